The van der Waals surface area contributed by atoms with Crippen LogP contribution in [0.4, 0.5) is 0 Å². The van der Waals surface area contributed by atoms with Crippen molar-refractivity contribution in [3.8, 4) is 16.9 Å². The molecule has 0 bridgehead atoms. The van der Waals surface area contributed by atoms with Gasteiger partial charge in [-0.15, -0.1) is 0 Å². The summed E-state index contributed by atoms with van der Waals surface area (Å²) >= 11 is 0. The van der Waals surface area contributed by atoms with Gasteiger partial charge in [0.05, 0.1) is 7.11 Å². The molecule has 114 valence electrons. The lowest BCUT2D eigenvalue weighted by molar-refractivity contribution is 0.416. The van der Waals surface area contributed by atoms with Crippen LogP contribution < -0.4 is 4.74 Å². The fourth-order valence-electron chi connectivity index (χ4n) is 3.26. The van der Waals surface area contributed by atoms with Gasteiger partial charge in [0, 0.05) is 21.9 Å². The molecule has 3 aromatic carbocycles. The van der Waals surface area contributed by atoms with Crippen molar-refractivity contribution in [2.24, 2.45) is 0 Å². The van der Waals surface area contributed by atoms with Gasteiger partial charge in [-0.25, -0.2) is 0 Å². The lowest BCUT2D eigenvalue weighted by atomic mass is 9.93. The molecule has 0 unspecified atom stereocenters. The van der Waals surface area contributed by atoms with E-state index in [4.69, 9.17) is 9.15 Å². The second kappa shape index (κ2) is 5.17. The monoisotopic (exact) mass is 302 g/mol. The van der Waals surface area contributed by atoms with Gasteiger partial charge in [0.15, 0.2) is 0 Å². The Morgan fingerprint density at radius 3 is 2.43 bits per heavy atom. The highest BCUT2D eigenvalue weighted by Crippen LogP contribution is 2.42. The number of furan rings is 1. The summed E-state index contributed by atoms with van der Waals surface area (Å²) in [6.07, 6.45) is 0. The van der Waals surface area contributed by atoms with Crippen LogP contribution in [0.1, 0.15) is 11.1 Å². The summed E-state index contributed by atoms with van der Waals surface area (Å²) in [4.78, 5) is 0. The van der Waals surface area contributed by atoms with Gasteiger partial charge in [-0.05, 0) is 43.2 Å². The maximum Gasteiger partial charge on any atom is 0.143 e. The molecule has 2 heteroatoms. The van der Waals surface area contributed by atoms with Crippen LogP contribution in [0, 0.1) is 13.8 Å². The van der Waals surface area contributed by atoms with Crippen LogP contribution >= 0.6 is 0 Å². The molecule has 1 aromatic heterocycles. The molecule has 0 atom stereocenters. The maximum atomic E-state index is 6.22. The quantitative estimate of drug-likeness (QED) is 0.461. The number of ether oxygens (including phenoxy) is 1. The largest absolute Gasteiger partial charge is 0.496 e. The van der Waals surface area contributed by atoms with E-state index >= 15 is 0 Å². The summed E-state index contributed by atoms with van der Waals surface area (Å²) in [5.41, 5.74) is 6.52. The minimum absolute atomic E-state index is 0.864. The summed E-state index contributed by atoms with van der Waals surface area (Å²) in [6, 6.07) is 18.5. The minimum Gasteiger partial charge on any atom is -0.496 e. The van der Waals surface area contributed by atoms with Crippen LogP contribution in [0.3, 0.4) is 0 Å². The Hall–Kier alpha value is -2.74. The Bertz CT molecular complexity index is 1020. The number of methoxy groups -OCH3 is 1. The number of para-hydroxylation sites is 2. The van der Waals surface area contributed by atoms with Crippen molar-refractivity contribution in [2.75, 3.05) is 7.11 Å². The van der Waals surface area contributed by atoms with E-state index in [2.05, 4.69) is 38.1 Å². The van der Waals surface area contributed by atoms with E-state index in [-0.39, 0.29) is 0 Å². The summed E-state index contributed by atoms with van der Waals surface area (Å²) in [5, 5.41) is 2.31. The fraction of sp³-hybridized carbons (Fsp3) is 0.143. The van der Waals surface area contributed by atoms with Gasteiger partial charge in [-0.1, -0.05) is 36.4 Å². The van der Waals surface area contributed by atoms with E-state index in [1.54, 1.807) is 7.11 Å². The summed E-state index contributed by atoms with van der Waals surface area (Å²) in [6.45, 7) is 4.29. The number of hydrogen-bond acceptors (Lipinski definition) is 2. The van der Waals surface area contributed by atoms with Crippen molar-refractivity contribution in [2.45, 2.75) is 13.8 Å². The second-order valence-electron chi connectivity index (χ2n) is 5.87. The van der Waals surface area contributed by atoms with E-state index in [9.17, 15) is 0 Å². The standard InChI is InChI=1S/C21H18O2/c1-13-12-17-15-8-4-7-11-19(15)23-21(17)20(14(13)2)16-9-5-6-10-18(16)22-3/h4-12H,1-3H3. The van der Waals surface area contributed by atoms with E-state index in [1.165, 1.54) is 11.1 Å². The molecular weight excluding hydrogens is 284 g/mol. The van der Waals surface area contributed by atoms with Crippen LogP contribution in [0.15, 0.2) is 59.0 Å². The van der Waals surface area contributed by atoms with Crippen LogP contribution in [-0.4, -0.2) is 7.11 Å². The van der Waals surface area contributed by atoms with Crippen LogP contribution in [0.25, 0.3) is 33.1 Å². The van der Waals surface area contributed by atoms with Crippen molar-refractivity contribution in [1.29, 1.82) is 0 Å². The van der Waals surface area contributed by atoms with Crippen molar-refractivity contribution in [1.82, 2.24) is 0 Å². The van der Waals surface area contributed by atoms with Gasteiger partial charge in [0.25, 0.3) is 0 Å². The third-order valence-electron chi connectivity index (χ3n) is 4.56. The molecule has 2 nitrogen and oxygen atoms in total. The Morgan fingerprint density at radius 1 is 0.870 bits per heavy atom. The molecule has 0 N–H and O–H groups in total. The topological polar surface area (TPSA) is 22.4 Å². The highest BCUT2D eigenvalue weighted by atomic mass is 16.5. The van der Waals surface area contributed by atoms with Gasteiger partial charge in [0.2, 0.25) is 0 Å². The first-order valence-electron chi connectivity index (χ1n) is 7.75. The third kappa shape index (κ3) is 2.02. The highest BCUT2D eigenvalue weighted by Gasteiger charge is 2.18. The molecule has 0 spiro atoms. The molecule has 4 rings (SSSR count). The molecule has 0 amide bonds. The third-order valence-corrected chi connectivity index (χ3v) is 4.56. The smallest absolute Gasteiger partial charge is 0.143 e. The number of hydrogen-bond donors (Lipinski definition) is 0. The number of fused-ring (bicyclic) bond motifs is 3. The van der Waals surface area contributed by atoms with Crippen LogP contribution in [0.2, 0.25) is 0 Å². The Kier molecular flexibility index (Phi) is 3.12. The minimum atomic E-state index is 0.864. The second-order valence-corrected chi connectivity index (χ2v) is 5.87. The van der Waals surface area contributed by atoms with Crippen LogP contribution in [-0.2, 0) is 0 Å². The van der Waals surface area contributed by atoms with Gasteiger partial charge >= 0.3 is 0 Å². The Labute approximate surface area is 135 Å². The molecule has 4 aromatic rings. The van der Waals surface area contributed by atoms with E-state index in [1.807, 2.05) is 30.3 Å². The average Bonchev–Trinajstić information content (AvgIpc) is 2.94. The molecule has 0 radical (unpaired) electrons. The zero-order chi connectivity index (χ0) is 16.0. The van der Waals surface area contributed by atoms with Crippen molar-refractivity contribution < 1.29 is 9.15 Å². The first kappa shape index (κ1) is 13.9. The molecule has 0 fully saturated rings. The number of aryl methyl sites for hydroxylation is 1. The summed E-state index contributed by atoms with van der Waals surface area (Å²) < 4.78 is 11.8. The molecule has 23 heavy (non-hydrogen) atoms. The first-order valence-corrected chi connectivity index (χ1v) is 7.75. The van der Waals surface area contributed by atoms with E-state index in [0.717, 1.165) is 38.8 Å². The predicted octanol–water partition coefficient (Wildman–Crippen LogP) is 5.88. The summed E-state index contributed by atoms with van der Waals surface area (Å²) in [5.74, 6) is 0.864. The Morgan fingerprint density at radius 2 is 1.61 bits per heavy atom. The molecular formula is C21H18O2. The zero-order valence-corrected chi connectivity index (χ0v) is 13.5. The fourth-order valence-corrected chi connectivity index (χ4v) is 3.26. The molecule has 1 heterocycles. The van der Waals surface area contributed by atoms with Gasteiger partial charge in [-0.2, -0.15) is 0 Å². The van der Waals surface area contributed by atoms with Gasteiger partial charge < -0.3 is 9.15 Å². The van der Waals surface area contributed by atoms with Crippen molar-refractivity contribution in [3.63, 3.8) is 0 Å². The normalized spacial score (nSPS) is 11.3. The van der Waals surface area contributed by atoms with Gasteiger partial charge in [0.1, 0.15) is 16.9 Å². The van der Waals surface area contributed by atoms with Crippen molar-refractivity contribution in [3.05, 3.63) is 65.7 Å². The van der Waals surface area contributed by atoms with E-state index < -0.39 is 0 Å². The molecule has 0 aliphatic carbocycles. The maximum absolute atomic E-state index is 6.22. The SMILES string of the molecule is COc1ccccc1-c1c(C)c(C)cc2c1oc1ccccc12. The van der Waals surface area contributed by atoms with Gasteiger partial charge in [-0.3, -0.25) is 0 Å². The molecule has 0 aliphatic heterocycles. The first-order chi connectivity index (χ1) is 11.2. The van der Waals surface area contributed by atoms with Crippen molar-refractivity contribution >= 4 is 21.9 Å². The average molecular weight is 302 g/mol. The molecule has 0 aliphatic rings. The molecule has 0 saturated carbocycles. The van der Waals surface area contributed by atoms with Crippen LogP contribution in [0.5, 0.6) is 5.75 Å². The Balaban J connectivity index is 2.19. The number of rotatable bonds is 2. The lowest BCUT2D eigenvalue weighted by Gasteiger charge is -2.13. The summed E-state index contributed by atoms with van der Waals surface area (Å²) in [7, 11) is 1.71. The lowest BCUT2D eigenvalue weighted by Crippen LogP contribution is -1.92. The highest BCUT2D eigenvalue weighted by molar-refractivity contribution is 6.11. The zero-order valence-electron chi connectivity index (χ0n) is 13.5. The molecule has 0 saturated heterocycles. The number of benzene rings is 3. The van der Waals surface area contributed by atoms with E-state index in [0.29, 0.717) is 0 Å². The predicted molar refractivity (Wildman–Crippen MR) is 95.2 cm³/mol.